The van der Waals surface area contributed by atoms with E-state index in [1.54, 1.807) is 7.11 Å². The lowest BCUT2D eigenvalue weighted by Crippen LogP contribution is -2.28. The van der Waals surface area contributed by atoms with Crippen LogP contribution in [0, 0.1) is 11.8 Å². The van der Waals surface area contributed by atoms with Gasteiger partial charge < -0.3 is 9.84 Å². The third kappa shape index (κ3) is 3.82. The monoisotopic (exact) mass is 306 g/mol. The van der Waals surface area contributed by atoms with Crippen LogP contribution in [0.2, 0.25) is 0 Å². The molecule has 0 heterocycles. The van der Waals surface area contributed by atoms with Gasteiger partial charge in [0.1, 0.15) is 0 Å². The smallest absolute Gasteiger partial charge is 0.0583 e. The van der Waals surface area contributed by atoms with E-state index in [2.05, 4.69) is 48.2 Å². The Labute approximate surface area is 138 Å². The highest BCUT2D eigenvalue weighted by Crippen LogP contribution is 2.38. The minimum absolute atomic E-state index is 0.115. The van der Waals surface area contributed by atoms with E-state index in [9.17, 15) is 0 Å². The Balaban J connectivity index is 1.66. The van der Waals surface area contributed by atoms with E-state index in [-0.39, 0.29) is 6.61 Å². The van der Waals surface area contributed by atoms with E-state index in [0.29, 0.717) is 18.4 Å². The van der Waals surface area contributed by atoms with Crippen LogP contribution in [0.3, 0.4) is 0 Å². The minimum atomic E-state index is 0.115. The molecule has 2 heteroatoms. The summed E-state index contributed by atoms with van der Waals surface area (Å²) in [5.41, 5.74) is 4.83. The highest BCUT2D eigenvalue weighted by molar-refractivity contribution is 5.64. The van der Waals surface area contributed by atoms with Gasteiger partial charge in [-0.15, -0.1) is 0 Å². The van der Waals surface area contributed by atoms with Crippen LogP contribution < -0.4 is 0 Å². The van der Waals surface area contributed by atoms with E-state index in [1.165, 1.54) is 16.7 Å². The molecule has 0 aliphatic heterocycles. The summed E-state index contributed by atoms with van der Waals surface area (Å²) in [6.45, 7) is 0.115. The maximum Gasteiger partial charge on any atom is 0.0583 e. The van der Waals surface area contributed by atoms with Gasteiger partial charge in [0.05, 0.1) is 12.7 Å². The molecule has 0 aromatic heterocycles. The van der Waals surface area contributed by atoms with Crippen molar-refractivity contribution in [1.82, 2.24) is 0 Å². The summed E-state index contributed by atoms with van der Waals surface area (Å²) >= 11 is 0. The summed E-state index contributed by atoms with van der Waals surface area (Å²) in [4.78, 5) is 0. The molecule has 0 bridgehead atoms. The Morgan fingerprint density at radius 3 is 2.17 bits per heavy atom. The molecular weight excluding hydrogens is 284 g/mol. The van der Waals surface area contributed by atoms with Crippen molar-refractivity contribution in [3.05, 3.63) is 59.7 Å². The molecule has 3 rings (SSSR count). The number of hydrogen-bond acceptors (Lipinski definition) is 2. The van der Waals surface area contributed by atoms with Gasteiger partial charge in [-0.1, -0.05) is 48.2 Å². The van der Waals surface area contributed by atoms with Gasteiger partial charge in [-0.05, 0) is 47.6 Å². The maximum atomic E-state index is 8.74. The number of methoxy groups -OCH3 is 1. The van der Waals surface area contributed by atoms with Crippen molar-refractivity contribution >= 4 is 0 Å². The Morgan fingerprint density at radius 1 is 1.00 bits per heavy atom. The summed E-state index contributed by atoms with van der Waals surface area (Å²) < 4.78 is 5.35. The Bertz CT molecular complexity index is 683. The van der Waals surface area contributed by atoms with Gasteiger partial charge in [0, 0.05) is 19.1 Å². The standard InChI is InChI=1S/C21H22O2/c1-23-21-14-20(15-21)19-11-9-18(10-12-19)17-7-5-16(6-8-17)4-2-3-13-22/h5-12,20-22H,3,13-15H2,1H3. The average molecular weight is 306 g/mol. The number of rotatable bonds is 4. The lowest BCUT2D eigenvalue weighted by atomic mass is 9.77. The highest BCUT2D eigenvalue weighted by atomic mass is 16.5. The Morgan fingerprint density at radius 2 is 1.61 bits per heavy atom. The van der Waals surface area contributed by atoms with Gasteiger partial charge in [-0.2, -0.15) is 0 Å². The molecule has 1 N–H and O–H groups in total. The van der Waals surface area contributed by atoms with Crippen molar-refractivity contribution in [2.75, 3.05) is 13.7 Å². The largest absolute Gasteiger partial charge is 0.395 e. The number of ether oxygens (including phenoxy) is 1. The van der Waals surface area contributed by atoms with Gasteiger partial charge in [0.2, 0.25) is 0 Å². The molecule has 2 aromatic rings. The van der Waals surface area contributed by atoms with Crippen LogP contribution in [0.1, 0.15) is 36.3 Å². The summed E-state index contributed by atoms with van der Waals surface area (Å²) in [7, 11) is 1.79. The molecule has 2 aromatic carbocycles. The molecule has 1 fully saturated rings. The van der Waals surface area contributed by atoms with Gasteiger partial charge in [-0.25, -0.2) is 0 Å². The molecular formula is C21H22O2. The van der Waals surface area contributed by atoms with Gasteiger partial charge in [0.15, 0.2) is 0 Å². The minimum Gasteiger partial charge on any atom is -0.395 e. The topological polar surface area (TPSA) is 29.5 Å². The molecule has 1 aliphatic rings. The molecule has 1 aliphatic carbocycles. The van der Waals surface area contributed by atoms with Crippen LogP contribution in [0.4, 0.5) is 0 Å². The molecule has 0 spiro atoms. The normalized spacial score (nSPS) is 19.6. The fourth-order valence-electron chi connectivity index (χ4n) is 2.94. The molecule has 23 heavy (non-hydrogen) atoms. The van der Waals surface area contributed by atoms with Gasteiger partial charge in [0.25, 0.3) is 0 Å². The average Bonchev–Trinajstić information content (AvgIpc) is 2.56. The fraction of sp³-hybridized carbons (Fsp3) is 0.333. The van der Waals surface area contributed by atoms with E-state index >= 15 is 0 Å². The van der Waals surface area contributed by atoms with Crippen molar-refractivity contribution in [2.24, 2.45) is 0 Å². The molecule has 0 amide bonds. The quantitative estimate of drug-likeness (QED) is 0.866. The first-order chi connectivity index (χ1) is 11.3. The lowest BCUT2D eigenvalue weighted by molar-refractivity contribution is 0.0258. The molecule has 0 radical (unpaired) electrons. The second-order valence-electron chi connectivity index (χ2n) is 6.00. The number of aliphatic hydroxyl groups excluding tert-OH is 1. The predicted molar refractivity (Wildman–Crippen MR) is 93.2 cm³/mol. The van der Waals surface area contributed by atoms with Gasteiger partial charge in [-0.3, -0.25) is 0 Å². The lowest BCUT2D eigenvalue weighted by Gasteiger charge is -2.34. The number of aliphatic hydroxyl groups is 1. The van der Waals surface area contributed by atoms with Gasteiger partial charge >= 0.3 is 0 Å². The number of benzene rings is 2. The van der Waals surface area contributed by atoms with E-state index in [1.807, 2.05) is 12.1 Å². The zero-order valence-corrected chi connectivity index (χ0v) is 13.5. The van der Waals surface area contributed by atoms with Crippen molar-refractivity contribution in [3.8, 4) is 23.0 Å². The summed E-state index contributed by atoms with van der Waals surface area (Å²) in [5.74, 6) is 6.64. The summed E-state index contributed by atoms with van der Waals surface area (Å²) in [5, 5.41) is 8.74. The van der Waals surface area contributed by atoms with Crippen molar-refractivity contribution in [1.29, 1.82) is 0 Å². The second-order valence-corrected chi connectivity index (χ2v) is 6.00. The third-order valence-corrected chi connectivity index (χ3v) is 4.50. The van der Waals surface area contributed by atoms with Crippen LogP contribution in [0.15, 0.2) is 48.5 Å². The zero-order chi connectivity index (χ0) is 16.1. The first-order valence-electron chi connectivity index (χ1n) is 8.13. The first-order valence-corrected chi connectivity index (χ1v) is 8.13. The fourth-order valence-corrected chi connectivity index (χ4v) is 2.94. The molecule has 1 saturated carbocycles. The maximum absolute atomic E-state index is 8.74. The Hall–Kier alpha value is -2.08. The van der Waals surface area contributed by atoms with Crippen molar-refractivity contribution in [2.45, 2.75) is 31.3 Å². The highest BCUT2D eigenvalue weighted by Gasteiger charge is 2.29. The first kappa shape index (κ1) is 15.8. The van der Waals surface area contributed by atoms with E-state index < -0.39 is 0 Å². The summed E-state index contributed by atoms with van der Waals surface area (Å²) in [6.07, 6.45) is 3.24. The molecule has 118 valence electrons. The van der Waals surface area contributed by atoms with Crippen LogP contribution in [-0.4, -0.2) is 24.9 Å². The molecule has 0 saturated heterocycles. The zero-order valence-electron chi connectivity index (χ0n) is 13.5. The van der Waals surface area contributed by atoms with Crippen molar-refractivity contribution in [3.63, 3.8) is 0 Å². The summed E-state index contributed by atoms with van der Waals surface area (Å²) in [6, 6.07) is 17.1. The van der Waals surface area contributed by atoms with Crippen LogP contribution >= 0.6 is 0 Å². The second kappa shape index (κ2) is 7.46. The molecule has 0 unspecified atom stereocenters. The van der Waals surface area contributed by atoms with Crippen LogP contribution in [0.25, 0.3) is 11.1 Å². The van der Waals surface area contributed by atoms with Crippen LogP contribution in [0.5, 0.6) is 0 Å². The molecule has 0 atom stereocenters. The SMILES string of the molecule is COC1CC(c2ccc(-c3ccc(C#CCCO)cc3)cc2)C1. The van der Waals surface area contributed by atoms with E-state index in [0.717, 1.165) is 18.4 Å². The third-order valence-electron chi connectivity index (χ3n) is 4.50. The predicted octanol–water partition coefficient (Wildman–Crippen LogP) is 3.98. The number of hydrogen-bond donors (Lipinski definition) is 1. The van der Waals surface area contributed by atoms with Crippen LogP contribution in [-0.2, 0) is 4.74 Å². The van der Waals surface area contributed by atoms with Crippen molar-refractivity contribution < 1.29 is 9.84 Å². The Kier molecular flexibility index (Phi) is 5.12. The molecule has 2 nitrogen and oxygen atoms in total. The van der Waals surface area contributed by atoms with E-state index in [4.69, 9.17) is 9.84 Å².